The van der Waals surface area contributed by atoms with E-state index in [2.05, 4.69) is 29.6 Å². The fourth-order valence-corrected chi connectivity index (χ4v) is 3.50. The van der Waals surface area contributed by atoms with Gasteiger partial charge in [-0.2, -0.15) is 0 Å². The molecule has 1 aliphatic heterocycles. The third-order valence-electron chi connectivity index (χ3n) is 4.89. The van der Waals surface area contributed by atoms with Gasteiger partial charge >= 0.3 is 0 Å². The number of nitrogens with zero attached hydrogens (tertiary/aromatic N) is 1. The number of benzene rings is 2. The van der Waals surface area contributed by atoms with Crippen LogP contribution in [0.15, 0.2) is 54.6 Å². The van der Waals surface area contributed by atoms with Crippen LogP contribution in [-0.2, 0) is 9.59 Å². The summed E-state index contributed by atoms with van der Waals surface area (Å²) in [5, 5.41) is 3.01. The van der Waals surface area contributed by atoms with Crippen LogP contribution in [0.2, 0.25) is 0 Å². The quantitative estimate of drug-likeness (QED) is 0.855. The molecule has 1 heterocycles. The Morgan fingerprint density at radius 3 is 2.44 bits per heavy atom. The predicted octanol–water partition coefficient (Wildman–Crippen LogP) is 2.89. The molecule has 1 N–H and O–H groups in total. The van der Waals surface area contributed by atoms with Crippen LogP contribution in [0.3, 0.4) is 0 Å². The maximum Gasteiger partial charge on any atom is 0.226 e. The average molecular weight is 366 g/mol. The van der Waals surface area contributed by atoms with Crippen LogP contribution in [0.5, 0.6) is 5.75 Å². The van der Waals surface area contributed by atoms with Crippen molar-refractivity contribution in [2.45, 2.75) is 32.2 Å². The molecule has 0 aromatic heterocycles. The van der Waals surface area contributed by atoms with Crippen LogP contribution >= 0.6 is 0 Å². The van der Waals surface area contributed by atoms with Gasteiger partial charge in [-0.15, -0.1) is 0 Å². The van der Waals surface area contributed by atoms with Crippen LogP contribution in [0, 0.1) is 6.92 Å². The molecule has 0 spiro atoms. The molecule has 0 bridgehead atoms. The van der Waals surface area contributed by atoms with Crippen LogP contribution in [0.25, 0.3) is 0 Å². The lowest BCUT2D eigenvalue weighted by molar-refractivity contribution is -0.131. The Kier molecular flexibility index (Phi) is 6.12. The summed E-state index contributed by atoms with van der Waals surface area (Å²) in [5.41, 5.74) is 2.34. The lowest BCUT2D eigenvalue weighted by Crippen LogP contribution is -2.39. The molecule has 3 rings (SSSR count). The first kappa shape index (κ1) is 19.0. The number of ether oxygens (including phenoxy) is 1. The van der Waals surface area contributed by atoms with Gasteiger partial charge < -0.3 is 15.0 Å². The van der Waals surface area contributed by atoms with Gasteiger partial charge in [-0.05, 0) is 24.6 Å². The zero-order chi connectivity index (χ0) is 19.2. The lowest BCUT2D eigenvalue weighted by Gasteiger charge is -2.19. The summed E-state index contributed by atoms with van der Waals surface area (Å²) in [6, 6.07) is 17.7. The van der Waals surface area contributed by atoms with Crippen LogP contribution in [0.4, 0.5) is 0 Å². The number of carbonyl (C=O) groups excluding carboxylic acids is 2. The molecule has 2 amide bonds. The van der Waals surface area contributed by atoms with Crippen molar-refractivity contribution >= 4 is 11.8 Å². The highest BCUT2D eigenvalue weighted by Crippen LogP contribution is 2.28. The number of rotatable bonds is 6. The van der Waals surface area contributed by atoms with Gasteiger partial charge in [0.05, 0.1) is 19.1 Å². The third-order valence-corrected chi connectivity index (χ3v) is 4.89. The van der Waals surface area contributed by atoms with E-state index in [1.54, 1.807) is 0 Å². The second-order valence-electron chi connectivity index (χ2n) is 7.03. The van der Waals surface area contributed by atoms with E-state index in [-0.39, 0.29) is 23.8 Å². The summed E-state index contributed by atoms with van der Waals surface area (Å²) in [4.78, 5) is 26.1. The molecule has 5 nitrogen and oxygen atoms in total. The molecule has 1 fully saturated rings. The van der Waals surface area contributed by atoms with Gasteiger partial charge in [-0.1, -0.05) is 48.0 Å². The highest BCUT2D eigenvalue weighted by molar-refractivity contribution is 5.78. The fraction of sp³-hybridized carbons (Fsp3) is 0.364. The standard InChI is InChI=1S/C22H26N2O3/c1-16-8-10-18(11-9-16)20-14-24(15-21(20)23-17(2)25)22(26)12-13-27-19-6-4-3-5-7-19/h3-11,20-21H,12-15H2,1-2H3,(H,23,25)/t20-,21+/m0/s1. The van der Waals surface area contributed by atoms with Crippen molar-refractivity contribution in [2.24, 2.45) is 0 Å². The van der Waals surface area contributed by atoms with Crippen molar-refractivity contribution in [3.8, 4) is 5.75 Å². The molecule has 142 valence electrons. The SMILES string of the molecule is CC(=O)N[C@@H]1CN(C(=O)CCOc2ccccc2)C[C@H]1c1ccc(C)cc1. The van der Waals surface area contributed by atoms with Gasteiger partial charge in [0.25, 0.3) is 0 Å². The zero-order valence-electron chi connectivity index (χ0n) is 15.9. The summed E-state index contributed by atoms with van der Waals surface area (Å²) >= 11 is 0. The number of hydrogen-bond acceptors (Lipinski definition) is 3. The molecule has 0 saturated carbocycles. The number of hydrogen-bond donors (Lipinski definition) is 1. The Morgan fingerprint density at radius 1 is 1.07 bits per heavy atom. The maximum absolute atomic E-state index is 12.6. The van der Waals surface area contributed by atoms with E-state index in [4.69, 9.17) is 4.74 Å². The topological polar surface area (TPSA) is 58.6 Å². The Hall–Kier alpha value is -2.82. The summed E-state index contributed by atoms with van der Waals surface area (Å²) in [6.07, 6.45) is 0.322. The molecule has 2 atom stereocenters. The van der Waals surface area contributed by atoms with E-state index in [1.807, 2.05) is 42.2 Å². The molecule has 5 heteroatoms. The van der Waals surface area contributed by atoms with Crippen molar-refractivity contribution in [1.29, 1.82) is 0 Å². The summed E-state index contributed by atoms with van der Waals surface area (Å²) < 4.78 is 5.64. The van der Waals surface area contributed by atoms with E-state index >= 15 is 0 Å². The molecule has 1 saturated heterocycles. The van der Waals surface area contributed by atoms with E-state index in [0.29, 0.717) is 26.1 Å². The van der Waals surface area contributed by atoms with E-state index in [9.17, 15) is 9.59 Å². The largest absolute Gasteiger partial charge is 0.493 e. The number of amides is 2. The van der Waals surface area contributed by atoms with E-state index < -0.39 is 0 Å². The number of carbonyl (C=O) groups is 2. The molecule has 0 unspecified atom stereocenters. The van der Waals surface area contributed by atoms with Crippen LogP contribution in [-0.4, -0.2) is 42.5 Å². The first-order chi connectivity index (χ1) is 13.0. The van der Waals surface area contributed by atoms with Gasteiger partial charge in [0.2, 0.25) is 11.8 Å². The molecule has 0 radical (unpaired) electrons. The Labute approximate surface area is 160 Å². The summed E-state index contributed by atoms with van der Waals surface area (Å²) in [5.74, 6) is 0.851. The summed E-state index contributed by atoms with van der Waals surface area (Å²) in [6.45, 7) is 5.05. The maximum atomic E-state index is 12.6. The molecule has 1 aliphatic rings. The first-order valence-corrected chi connectivity index (χ1v) is 9.32. The minimum Gasteiger partial charge on any atom is -0.493 e. The van der Waals surface area contributed by atoms with Crippen molar-refractivity contribution in [3.05, 3.63) is 65.7 Å². The third kappa shape index (κ3) is 5.09. The second kappa shape index (κ2) is 8.71. The number of aryl methyl sites for hydroxylation is 1. The molecular weight excluding hydrogens is 340 g/mol. The first-order valence-electron chi connectivity index (χ1n) is 9.32. The number of nitrogens with one attached hydrogen (secondary N) is 1. The fourth-order valence-electron chi connectivity index (χ4n) is 3.50. The highest BCUT2D eigenvalue weighted by atomic mass is 16.5. The Morgan fingerprint density at radius 2 is 1.78 bits per heavy atom. The highest BCUT2D eigenvalue weighted by Gasteiger charge is 2.36. The number of likely N-dealkylation sites (tertiary alicyclic amines) is 1. The minimum absolute atomic E-state index is 0.0518. The average Bonchev–Trinajstić information content (AvgIpc) is 3.06. The number of para-hydroxylation sites is 1. The smallest absolute Gasteiger partial charge is 0.226 e. The van der Waals surface area contributed by atoms with Gasteiger partial charge in [0.15, 0.2) is 0 Å². The van der Waals surface area contributed by atoms with Crippen molar-refractivity contribution < 1.29 is 14.3 Å². The molecule has 2 aromatic rings. The van der Waals surface area contributed by atoms with Crippen LogP contribution < -0.4 is 10.1 Å². The Bertz CT molecular complexity index is 774. The minimum atomic E-state index is -0.0705. The van der Waals surface area contributed by atoms with Crippen LogP contribution in [0.1, 0.15) is 30.4 Å². The normalized spacial score (nSPS) is 19.0. The zero-order valence-corrected chi connectivity index (χ0v) is 15.9. The van der Waals surface area contributed by atoms with Gasteiger partial charge in [-0.25, -0.2) is 0 Å². The molecule has 0 aliphatic carbocycles. The molecule has 27 heavy (non-hydrogen) atoms. The Balaban J connectivity index is 1.61. The molecular formula is C22H26N2O3. The van der Waals surface area contributed by atoms with Gasteiger partial charge in [0.1, 0.15) is 5.75 Å². The van der Waals surface area contributed by atoms with E-state index in [0.717, 1.165) is 11.3 Å². The second-order valence-corrected chi connectivity index (χ2v) is 7.03. The van der Waals surface area contributed by atoms with Gasteiger partial charge in [-0.3, -0.25) is 9.59 Å². The van der Waals surface area contributed by atoms with Crippen molar-refractivity contribution in [2.75, 3.05) is 19.7 Å². The monoisotopic (exact) mass is 366 g/mol. The van der Waals surface area contributed by atoms with E-state index in [1.165, 1.54) is 12.5 Å². The molecule has 2 aromatic carbocycles. The van der Waals surface area contributed by atoms with Crippen molar-refractivity contribution in [3.63, 3.8) is 0 Å². The van der Waals surface area contributed by atoms with Gasteiger partial charge in [0, 0.05) is 25.9 Å². The predicted molar refractivity (Wildman–Crippen MR) is 105 cm³/mol. The van der Waals surface area contributed by atoms with Crippen molar-refractivity contribution in [1.82, 2.24) is 10.2 Å². The lowest BCUT2D eigenvalue weighted by atomic mass is 9.93. The summed E-state index contributed by atoms with van der Waals surface area (Å²) in [7, 11) is 0.